The summed E-state index contributed by atoms with van der Waals surface area (Å²) in [7, 11) is -4.41. The molecule has 0 radical (unpaired) electrons. The average molecular weight is 428 g/mol. The Bertz CT molecular complexity index is 916. The molecule has 0 heterocycles. The fourth-order valence-electron chi connectivity index (χ4n) is 2.70. The Kier molecular flexibility index (Phi) is 5.89. The molecule has 0 amide bonds. The molecule has 0 aromatic heterocycles. The van der Waals surface area contributed by atoms with E-state index in [1.54, 1.807) is 0 Å². The van der Waals surface area contributed by atoms with E-state index >= 15 is 0 Å². The van der Waals surface area contributed by atoms with Crippen LogP contribution in [0.3, 0.4) is 0 Å². The molecule has 0 fully saturated rings. The molecule has 1 atom stereocenters. The molecule has 1 aliphatic carbocycles. The summed E-state index contributed by atoms with van der Waals surface area (Å²) in [5.41, 5.74) is -7.23. The fourth-order valence-corrected chi connectivity index (χ4v) is 3.22. The molecule has 5 nitrogen and oxygen atoms in total. The van der Waals surface area contributed by atoms with E-state index in [1.807, 2.05) is 0 Å². The highest BCUT2D eigenvalue weighted by molar-refractivity contribution is 7.87. The number of alkyl halides is 6. The van der Waals surface area contributed by atoms with E-state index < -0.39 is 44.7 Å². The van der Waals surface area contributed by atoms with Gasteiger partial charge in [0.1, 0.15) is 5.76 Å². The van der Waals surface area contributed by atoms with Gasteiger partial charge in [0.2, 0.25) is 0 Å². The van der Waals surface area contributed by atoms with Gasteiger partial charge in [0, 0.05) is 19.2 Å². The summed E-state index contributed by atoms with van der Waals surface area (Å²) >= 11 is 0. The summed E-state index contributed by atoms with van der Waals surface area (Å²) < 4.78 is 103. The van der Waals surface area contributed by atoms with Crippen LogP contribution in [0.4, 0.5) is 32.0 Å². The van der Waals surface area contributed by atoms with Crippen LogP contribution in [0.5, 0.6) is 0 Å². The molecule has 12 heteroatoms. The molecule has 28 heavy (non-hydrogen) atoms. The highest BCUT2D eigenvalue weighted by atomic mass is 32.2. The van der Waals surface area contributed by atoms with Crippen LogP contribution in [-0.2, 0) is 20.5 Å². The molecule has 1 aromatic rings. The topological polar surface area (TPSA) is 70.4 Å². The molecule has 0 bridgehead atoms. The third-order valence-electron chi connectivity index (χ3n) is 4.14. The van der Waals surface area contributed by atoms with E-state index in [4.69, 9.17) is 5.26 Å². The van der Waals surface area contributed by atoms with Crippen molar-refractivity contribution < 1.29 is 38.9 Å². The molecular weight excluding hydrogens is 414 g/mol. The van der Waals surface area contributed by atoms with Crippen molar-refractivity contribution in [2.75, 3.05) is 11.9 Å². The Morgan fingerprint density at radius 1 is 1.21 bits per heavy atom. The van der Waals surface area contributed by atoms with E-state index in [0.29, 0.717) is 6.42 Å². The maximum absolute atomic E-state index is 13.1. The number of nitriles is 1. The lowest BCUT2D eigenvalue weighted by atomic mass is 9.99. The largest absolute Gasteiger partial charge is 0.534 e. The van der Waals surface area contributed by atoms with Gasteiger partial charge in [-0.3, -0.25) is 0 Å². The van der Waals surface area contributed by atoms with Gasteiger partial charge >= 0.3 is 21.8 Å². The van der Waals surface area contributed by atoms with Crippen molar-refractivity contribution in [1.29, 1.82) is 5.26 Å². The van der Waals surface area contributed by atoms with E-state index in [0.717, 1.165) is 18.2 Å². The summed E-state index contributed by atoms with van der Waals surface area (Å²) in [5.74, 6) is -0.426. The summed E-state index contributed by atoms with van der Waals surface area (Å²) in [4.78, 5) is 1.35. The average Bonchev–Trinajstić information content (AvgIpc) is 2.58. The van der Waals surface area contributed by atoms with E-state index in [1.165, 1.54) is 24.1 Å². The number of halogens is 6. The second kappa shape index (κ2) is 7.54. The molecule has 0 spiro atoms. The van der Waals surface area contributed by atoms with Crippen LogP contribution in [0, 0.1) is 11.3 Å². The van der Waals surface area contributed by atoms with Crippen molar-refractivity contribution in [3.63, 3.8) is 0 Å². The van der Waals surface area contributed by atoms with Gasteiger partial charge in [-0.15, -0.1) is 0 Å². The second-order valence-electron chi connectivity index (χ2n) is 6.03. The van der Waals surface area contributed by atoms with Crippen LogP contribution in [-0.4, -0.2) is 27.0 Å². The van der Waals surface area contributed by atoms with Gasteiger partial charge < -0.3 is 9.08 Å². The Labute approximate surface area is 156 Å². The minimum atomic E-state index is -5.82. The number of allylic oxidation sites excluding steroid dienone is 1. The molecule has 0 N–H and O–H groups in total. The first-order valence-corrected chi connectivity index (χ1v) is 9.22. The Balaban J connectivity index is 2.32. The van der Waals surface area contributed by atoms with Crippen molar-refractivity contribution in [1.82, 2.24) is 0 Å². The first kappa shape index (κ1) is 21.9. The molecule has 1 unspecified atom stereocenters. The minimum absolute atomic E-state index is 0.0547. The number of likely N-dealkylation sites (N-methyl/N-ethyl adjacent to an activating group) is 1. The summed E-state index contributed by atoms with van der Waals surface area (Å²) in [6.07, 6.45) is -3.05. The zero-order valence-electron chi connectivity index (χ0n) is 14.3. The van der Waals surface area contributed by atoms with Crippen molar-refractivity contribution in [3.05, 3.63) is 41.2 Å². The third kappa shape index (κ3) is 4.70. The molecule has 1 aliphatic rings. The maximum Gasteiger partial charge on any atom is 0.534 e. The van der Waals surface area contributed by atoms with E-state index in [-0.39, 0.29) is 18.5 Å². The predicted molar refractivity (Wildman–Crippen MR) is 86.3 cm³/mol. The van der Waals surface area contributed by atoms with Crippen LogP contribution >= 0.6 is 0 Å². The van der Waals surface area contributed by atoms with Gasteiger partial charge in [0.25, 0.3) is 0 Å². The molecule has 0 saturated carbocycles. The van der Waals surface area contributed by atoms with Crippen LogP contribution in [0.2, 0.25) is 0 Å². The lowest BCUT2D eigenvalue weighted by molar-refractivity contribution is -0.137. The zero-order valence-corrected chi connectivity index (χ0v) is 15.1. The number of rotatable bonds is 4. The van der Waals surface area contributed by atoms with Crippen molar-refractivity contribution in [3.8, 4) is 6.07 Å². The van der Waals surface area contributed by atoms with E-state index in [2.05, 4.69) is 4.18 Å². The smallest absolute Gasteiger partial charge is 0.381 e. The second-order valence-corrected chi connectivity index (χ2v) is 7.56. The first-order valence-electron chi connectivity index (χ1n) is 7.82. The SMILES string of the molecule is CN(c1ccc(C#N)c(C(F)(F)F)c1)C1C=C(OS(=O)(=O)C(F)(F)F)CCC1. The highest BCUT2D eigenvalue weighted by Gasteiger charge is 2.49. The molecule has 0 saturated heterocycles. The Morgan fingerprint density at radius 3 is 2.39 bits per heavy atom. The maximum atomic E-state index is 13.1. The van der Waals surface area contributed by atoms with Crippen LogP contribution in [0.1, 0.15) is 30.4 Å². The molecule has 2 rings (SSSR count). The molecule has 0 aliphatic heterocycles. The Hall–Kier alpha value is -2.42. The van der Waals surface area contributed by atoms with Crippen molar-refractivity contribution in [2.45, 2.75) is 37.0 Å². The molecule has 154 valence electrons. The summed E-state index contributed by atoms with van der Waals surface area (Å²) in [5, 5.41) is 8.83. The highest BCUT2D eigenvalue weighted by Crippen LogP contribution is 2.36. The third-order valence-corrected chi connectivity index (χ3v) is 5.14. The first-order chi connectivity index (χ1) is 12.8. The van der Waals surface area contributed by atoms with Crippen molar-refractivity contribution in [2.24, 2.45) is 0 Å². The predicted octanol–water partition coefficient (Wildman–Crippen LogP) is 4.32. The van der Waals surface area contributed by atoms with Gasteiger partial charge in [0.05, 0.1) is 23.2 Å². The standard InChI is InChI=1S/C16H14F6N2O3S/c1-24(12-6-5-10(9-23)14(8-12)15(17,18)19)11-3-2-4-13(7-11)27-28(25,26)16(20,21)22/h5-8,11H,2-4H2,1H3. The zero-order chi connectivity index (χ0) is 21.3. The fraction of sp³-hybridized carbons (Fsp3) is 0.438. The van der Waals surface area contributed by atoms with E-state index in [9.17, 15) is 34.8 Å². The number of hydrogen-bond acceptors (Lipinski definition) is 5. The van der Waals surface area contributed by atoms with Crippen LogP contribution in [0.15, 0.2) is 30.0 Å². The van der Waals surface area contributed by atoms with Crippen molar-refractivity contribution >= 4 is 15.8 Å². The number of hydrogen-bond donors (Lipinski definition) is 0. The monoisotopic (exact) mass is 428 g/mol. The lowest BCUT2D eigenvalue weighted by Gasteiger charge is -2.31. The number of benzene rings is 1. The lowest BCUT2D eigenvalue weighted by Crippen LogP contribution is -2.33. The normalized spacial score (nSPS) is 18.2. The number of nitrogens with zero attached hydrogens (tertiary/aromatic N) is 2. The molecular formula is C16H14F6N2O3S. The molecule has 1 aromatic carbocycles. The van der Waals surface area contributed by atoms with Gasteiger partial charge in [-0.1, -0.05) is 0 Å². The van der Waals surface area contributed by atoms with Gasteiger partial charge in [-0.25, -0.2) is 0 Å². The van der Waals surface area contributed by atoms with Gasteiger partial charge in [0.15, 0.2) is 0 Å². The van der Waals surface area contributed by atoms with Crippen LogP contribution < -0.4 is 4.90 Å². The Morgan fingerprint density at radius 2 is 1.86 bits per heavy atom. The summed E-state index contributed by atoms with van der Waals surface area (Å²) in [6.45, 7) is 0. The van der Waals surface area contributed by atoms with Gasteiger partial charge in [-0.05, 0) is 37.1 Å². The van der Waals surface area contributed by atoms with Gasteiger partial charge in [-0.2, -0.15) is 40.0 Å². The quantitative estimate of drug-likeness (QED) is 0.406. The summed E-state index contributed by atoms with van der Waals surface area (Å²) in [6, 6.07) is 3.78. The minimum Gasteiger partial charge on any atom is -0.381 e. The number of anilines is 1. The van der Waals surface area contributed by atoms with Crippen LogP contribution in [0.25, 0.3) is 0 Å².